The SMILES string of the molecule is O=C1COc2ccc(CNCCCn3ccnc3)cc2N1. The van der Waals surface area contributed by atoms with Crippen molar-refractivity contribution in [2.75, 3.05) is 18.5 Å². The minimum Gasteiger partial charge on any atom is -0.482 e. The first kappa shape index (κ1) is 13.6. The Morgan fingerprint density at radius 2 is 2.38 bits per heavy atom. The van der Waals surface area contributed by atoms with Gasteiger partial charge in [-0.15, -0.1) is 0 Å². The quantitative estimate of drug-likeness (QED) is 0.788. The molecule has 0 aliphatic carbocycles. The van der Waals surface area contributed by atoms with Gasteiger partial charge < -0.3 is 19.9 Å². The second kappa shape index (κ2) is 6.41. The van der Waals surface area contributed by atoms with Crippen molar-refractivity contribution in [3.63, 3.8) is 0 Å². The van der Waals surface area contributed by atoms with Crippen LogP contribution >= 0.6 is 0 Å². The van der Waals surface area contributed by atoms with Gasteiger partial charge in [-0.25, -0.2) is 4.98 Å². The van der Waals surface area contributed by atoms with Gasteiger partial charge in [0.05, 0.1) is 12.0 Å². The van der Waals surface area contributed by atoms with Gasteiger partial charge in [-0.1, -0.05) is 6.07 Å². The number of fused-ring (bicyclic) bond motifs is 1. The Hall–Kier alpha value is -2.34. The second-order valence-electron chi connectivity index (χ2n) is 5.00. The second-order valence-corrected chi connectivity index (χ2v) is 5.00. The van der Waals surface area contributed by atoms with Crippen molar-refractivity contribution in [1.82, 2.24) is 14.9 Å². The number of anilines is 1. The molecule has 0 saturated carbocycles. The zero-order chi connectivity index (χ0) is 14.5. The Morgan fingerprint density at radius 3 is 3.24 bits per heavy atom. The number of carbonyl (C=O) groups excluding carboxylic acids is 1. The van der Waals surface area contributed by atoms with Gasteiger partial charge in [0.25, 0.3) is 5.91 Å². The minimum atomic E-state index is -0.104. The van der Waals surface area contributed by atoms with Crippen molar-refractivity contribution in [2.45, 2.75) is 19.5 Å². The number of aryl methyl sites for hydroxylation is 1. The van der Waals surface area contributed by atoms with Crippen molar-refractivity contribution >= 4 is 11.6 Å². The Balaban J connectivity index is 1.45. The van der Waals surface area contributed by atoms with Gasteiger partial charge in [-0.2, -0.15) is 0 Å². The predicted octanol–water partition coefficient (Wildman–Crippen LogP) is 1.39. The maximum atomic E-state index is 11.3. The lowest BCUT2D eigenvalue weighted by molar-refractivity contribution is -0.118. The van der Waals surface area contributed by atoms with E-state index in [1.807, 2.05) is 30.7 Å². The molecule has 6 nitrogen and oxygen atoms in total. The molecule has 0 atom stereocenters. The van der Waals surface area contributed by atoms with E-state index in [-0.39, 0.29) is 12.5 Å². The van der Waals surface area contributed by atoms with E-state index in [1.165, 1.54) is 0 Å². The molecule has 0 unspecified atom stereocenters. The molecule has 1 amide bonds. The number of carbonyl (C=O) groups is 1. The highest BCUT2D eigenvalue weighted by molar-refractivity contribution is 5.95. The number of benzene rings is 1. The molecular formula is C15H18N4O2. The zero-order valence-electron chi connectivity index (χ0n) is 11.7. The van der Waals surface area contributed by atoms with Crippen LogP contribution in [0, 0.1) is 0 Å². The molecule has 0 spiro atoms. The summed E-state index contributed by atoms with van der Waals surface area (Å²) in [5.41, 5.74) is 1.88. The van der Waals surface area contributed by atoms with Crippen molar-refractivity contribution in [3.05, 3.63) is 42.5 Å². The third-order valence-electron chi connectivity index (χ3n) is 3.34. The van der Waals surface area contributed by atoms with Gasteiger partial charge in [0, 0.05) is 25.5 Å². The normalized spacial score (nSPS) is 13.4. The van der Waals surface area contributed by atoms with Crippen LogP contribution in [0.25, 0.3) is 0 Å². The summed E-state index contributed by atoms with van der Waals surface area (Å²) in [6, 6.07) is 5.87. The van der Waals surface area contributed by atoms with Crippen LogP contribution < -0.4 is 15.4 Å². The highest BCUT2D eigenvalue weighted by atomic mass is 16.5. The number of nitrogens with zero attached hydrogens (tertiary/aromatic N) is 2. The van der Waals surface area contributed by atoms with Gasteiger partial charge in [0.1, 0.15) is 5.75 Å². The van der Waals surface area contributed by atoms with Gasteiger partial charge in [-0.05, 0) is 30.7 Å². The molecule has 0 saturated heterocycles. The van der Waals surface area contributed by atoms with E-state index in [4.69, 9.17) is 4.74 Å². The third-order valence-corrected chi connectivity index (χ3v) is 3.34. The Bertz CT molecular complexity index is 610. The van der Waals surface area contributed by atoms with Crippen molar-refractivity contribution in [1.29, 1.82) is 0 Å². The average Bonchev–Trinajstić information content (AvgIpc) is 3.00. The van der Waals surface area contributed by atoms with E-state index < -0.39 is 0 Å². The lowest BCUT2D eigenvalue weighted by Gasteiger charge is -2.18. The number of hydrogen-bond donors (Lipinski definition) is 2. The van der Waals surface area contributed by atoms with E-state index in [9.17, 15) is 4.79 Å². The van der Waals surface area contributed by atoms with E-state index in [2.05, 4.69) is 20.2 Å². The Morgan fingerprint density at radius 1 is 1.43 bits per heavy atom. The van der Waals surface area contributed by atoms with E-state index in [0.717, 1.165) is 43.1 Å². The fourth-order valence-corrected chi connectivity index (χ4v) is 2.28. The van der Waals surface area contributed by atoms with Crippen molar-refractivity contribution in [2.24, 2.45) is 0 Å². The topological polar surface area (TPSA) is 68.2 Å². The molecule has 3 rings (SSSR count). The van der Waals surface area contributed by atoms with Crippen molar-refractivity contribution < 1.29 is 9.53 Å². The summed E-state index contributed by atoms with van der Waals surface area (Å²) in [5.74, 6) is 0.631. The van der Waals surface area contributed by atoms with E-state index in [0.29, 0.717) is 0 Å². The Kier molecular flexibility index (Phi) is 4.16. The number of rotatable bonds is 6. The van der Waals surface area contributed by atoms with Gasteiger partial charge in [0.15, 0.2) is 6.61 Å². The zero-order valence-corrected chi connectivity index (χ0v) is 11.7. The summed E-state index contributed by atoms with van der Waals surface area (Å²) in [6.07, 6.45) is 6.62. The molecule has 0 radical (unpaired) electrons. The highest BCUT2D eigenvalue weighted by Crippen LogP contribution is 2.28. The molecular weight excluding hydrogens is 268 g/mol. The van der Waals surface area contributed by atoms with Crippen LogP contribution in [0.2, 0.25) is 0 Å². The number of imidazole rings is 1. The molecule has 2 N–H and O–H groups in total. The smallest absolute Gasteiger partial charge is 0.262 e. The molecule has 0 bridgehead atoms. The van der Waals surface area contributed by atoms with Crippen LogP contribution in [0.4, 0.5) is 5.69 Å². The summed E-state index contributed by atoms with van der Waals surface area (Å²) in [7, 11) is 0. The van der Waals surface area contributed by atoms with Gasteiger partial charge in [-0.3, -0.25) is 4.79 Å². The fourth-order valence-electron chi connectivity index (χ4n) is 2.28. The highest BCUT2D eigenvalue weighted by Gasteiger charge is 2.15. The summed E-state index contributed by atoms with van der Waals surface area (Å²) >= 11 is 0. The molecule has 1 aromatic heterocycles. The van der Waals surface area contributed by atoms with Crippen LogP contribution in [-0.4, -0.2) is 28.6 Å². The third kappa shape index (κ3) is 3.61. The number of nitrogens with one attached hydrogen (secondary N) is 2. The molecule has 1 aliphatic rings. The molecule has 2 heterocycles. The standard InChI is InChI=1S/C15H18N4O2/c20-15-10-21-14-3-2-12(8-13(14)18-15)9-16-4-1-6-19-7-5-17-11-19/h2-3,5,7-8,11,16H,1,4,6,9-10H2,(H,18,20). The monoisotopic (exact) mass is 286 g/mol. The largest absolute Gasteiger partial charge is 0.482 e. The van der Waals surface area contributed by atoms with Gasteiger partial charge >= 0.3 is 0 Å². The lowest BCUT2D eigenvalue weighted by Crippen LogP contribution is -2.25. The van der Waals surface area contributed by atoms with Crippen LogP contribution in [0.1, 0.15) is 12.0 Å². The van der Waals surface area contributed by atoms with Crippen molar-refractivity contribution in [3.8, 4) is 5.75 Å². The number of ether oxygens (including phenoxy) is 1. The maximum absolute atomic E-state index is 11.3. The van der Waals surface area contributed by atoms with E-state index in [1.54, 1.807) is 6.20 Å². The maximum Gasteiger partial charge on any atom is 0.262 e. The molecule has 1 aromatic carbocycles. The summed E-state index contributed by atoms with van der Waals surface area (Å²) in [6.45, 7) is 2.76. The molecule has 0 fully saturated rings. The molecule has 2 aromatic rings. The van der Waals surface area contributed by atoms with Gasteiger partial charge in [0.2, 0.25) is 0 Å². The lowest BCUT2D eigenvalue weighted by atomic mass is 10.1. The number of aromatic nitrogens is 2. The van der Waals surface area contributed by atoms with Crippen LogP contribution in [0.5, 0.6) is 5.75 Å². The first-order valence-corrected chi connectivity index (χ1v) is 7.03. The first-order valence-electron chi connectivity index (χ1n) is 7.03. The predicted molar refractivity (Wildman–Crippen MR) is 79.1 cm³/mol. The first-order chi connectivity index (χ1) is 10.3. The average molecular weight is 286 g/mol. The number of hydrogen-bond acceptors (Lipinski definition) is 4. The van der Waals surface area contributed by atoms with E-state index >= 15 is 0 Å². The molecule has 110 valence electrons. The minimum absolute atomic E-state index is 0.0961. The molecule has 6 heteroatoms. The van der Waals surface area contributed by atoms with Crippen LogP contribution in [0.3, 0.4) is 0 Å². The van der Waals surface area contributed by atoms with Crippen LogP contribution in [0.15, 0.2) is 36.9 Å². The fraction of sp³-hybridized carbons (Fsp3) is 0.333. The Labute approximate surface area is 123 Å². The molecule has 21 heavy (non-hydrogen) atoms. The summed E-state index contributed by atoms with van der Waals surface area (Å²) in [4.78, 5) is 15.3. The molecule has 1 aliphatic heterocycles. The number of amides is 1. The summed E-state index contributed by atoms with van der Waals surface area (Å²) < 4.78 is 7.40. The summed E-state index contributed by atoms with van der Waals surface area (Å²) in [5, 5.41) is 6.21. The van der Waals surface area contributed by atoms with Crippen LogP contribution in [-0.2, 0) is 17.9 Å².